The number of hydrogen-bond donors (Lipinski definition) is 0. The molecule has 3 aromatic rings. The molecule has 0 radical (unpaired) electrons. The van der Waals surface area contributed by atoms with Crippen molar-refractivity contribution in [3.8, 4) is 5.75 Å². The molecule has 3 rings (SSSR count). The Balaban J connectivity index is 2.35. The van der Waals surface area contributed by atoms with Gasteiger partial charge in [-0.25, -0.2) is 0 Å². The molecule has 0 aliphatic heterocycles. The second-order valence-electron chi connectivity index (χ2n) is 8.13. The highest BCUT2D eigenvalue weighted by atomic mass is 79.9. The number of carbonyl (C=O) groups is 1. The van der Waals surface area contributed by atoms with Gasteiger partial charge in [-0.15, -0.1) is 0 Å². The first kappa shape index (κ1) is 26.7. The summed E-state index contributed by atoms with van der Waals surface area (Å²) in [5.41, 5.74) is 8.97. The molecule has 0 heterocycles. The minimum Gasteiger partial charge on any atom is -0.497 e. The van der Waals surface area contributed by atoms with E-state index in [2.05, 4.69) is 73.1 Å². The van der Waals surface area contributed by atoms with Gasteiger partial charge < -0.3 is 4.74 Å². The molecule has 0 aliphatic carbocycles. The number of benzene rings is 3. The molecule has 0 aliphatic rings. The number of halogens is 2. The van der Waals surface area contributed by atoms with E-state index in [9.17, 15) is 4.79 Å². The van der Waals surface area contributed by atoms with Crippen molar-refractivity contribution in [3.05, 3.63) is 111 Å². The van der Waals surface area contributed by atoms with Gasteiger partial charge in [0.2, 0.25) is 0 Å². The van der Waals surface area contributed by atoms with Crippen molar-refractivity contribution in [2.45, 2.75) is 33.6 Å². The second kappa shape index (κ2) is 12.7. The van der Waals surface area contributed by atoms with E-state index in [0.29, 0.717) is 5.02 Å². The molecule has 0 N–H and O–H groups in total. The Hall–Kier alpha value is -2.88. The number of aryl methyl sites for hydroxylation is 1. The van der Waals surface area contributed by atoms with Crippen molar-refractivity contribution in [3.63, 3.8) is 0 Å². The normalized spacial score (nSPS) is 12.9. The zero-order valence-electron chi connectivity index (χ0n) is 20.6. The topological polar surface area (TPSA) is 26.3 Å². The van der Waals surface area contributed by atoms with Crippen molar-refractivity contribution < 1.29 is 9.53 Å². The van der Waals surface area contributed by atoms with Crippen molar-refractivity contribution in [1.29, 1.82) is 0 Å². The summed E-state index contributed by atoms with van der Waals surface area (Å²) in [4.78, 5) is 10.8. The Morgan fingerprint density at radius 2 is 1.69 bits per heavy atom. The van der Waals surface area contributed by atoms with Crippen LogP contribution in [0.1, 0.15) is 54.5 Å². The maximum Gasteiger partial charge on any atom is 0.142 e. The van der Waals surface area contributed by atoms with E-state index in [0.717, 1.165) is 57.2 Å². The van der Waals surface area contributed by atoms with Gasteiger partial charge in [-0.05, 0) is 105 Å². The summed E-state index contributed by atoms with van der Waals surface area (Å²) in [5.74, 6) is 0.731. The minimum atomic E-state index is 0.659. The molecule has 0 bridgehead atoms. The van der Waals surface area contributed by atoms with Crippen LogP contribution in [0.5, 0.6) is 5.75 Å². The van der Waals surface area contributed by atoms with Gasteiger partial charge in [-0.1, -0.05) is 80.1 Å². The number of ether oxygens (including phenoxy) is 1. The number of hydrogen-bond acceptors (Lipinski definition) is 2. The van der Waals surface area contributed by atoms with E-state index in [1.54, 1.807) is 13.2 Å². The summed E-state index contributed by atoms with van der Waals surface area (Å²) in [6.07, 6.45) is 5.73. The lowest BCUT2D eigenvalue weighted by molar-refractivity contribution is -0.104. The molecule has 0 saturated heterocycles. The maximum absolute atomic E-state index is 10.8. The third-order valence-corrected chi connectivity index (χ3v) is 7.24. The molecule has 0 unspecified atom stereocenters. The van der Waals surface area contributed by atoms with Gasteiger partial charge >= 0.3 is 0 Å². The van der Waals surface area contributed by atoms with Crippen LogP contribution in [0.2, 0.25) is 5.02 Å². The molecule has 4 heteroatoms. The summed E-state index contributed by atoms with van der Waals surface area (Å²) in [5, 5.41) is 0.659. The van der Waals surface area contributed by atoms with E-state index in [1.807, 2.05) is 30.3 Å². The Labute approximate surface area is 222 Å². The highest BCUT2D eigenvalue weighted by molar-refractivity contribution is 9.15. The van der Waals surface area contributed by atoms with Gasteiger partial charge in [-0.3, -0.25) is 4.79 Å². The maximum atomic E-state index is 10.8. The molecular formula is C31H30BrClO2. The van der Waals surface area contributed by atoms with Gasteiger partial charge in [0.1, 0.15) is 12.0 Å². The van der Waals surface area contributed by atoms with Crippen LogP contribution in [-0.2, 0) is 4.79 Å². The summed E-state index contributed by atoms with van der Waals surface area (Å²) in [6, 6.07) is 22.5. The van der Waals surface area contributed by atoms with E-state index in [4.69, 9.17) is 16.3 Å². The molecule has 3 aromatic carbocycles. The van der Waals surface area contributed by atoms with Gasteiger partial charge in [0, 0.05) is 4.48 Å². The van der Waals surface area contributed by atoms with Gasteiger partial charge in [0.15, 0.2) is 0 Å². The molecule has 0 saturated carbocycles. The fraction of sp³-hybridized carbons (Fsp3) is 0.194. The van der Waals surface area contributed by atoms with Crippen molar-refractivity contribution in [2.75, 3.05) is 7.11 Å². The van der Waals surface area contributed by atoms with E-state index in [1.165, 1.54) is 22.8 Å². The summed E-state index contributed by atoms with van der Waals surface area (Å²) in [6.45, 7) is 6.47. The summed E-state index contributed by atoms with van der Waals surface area (Å²) < 4.78 is 6.46. The number of rotatable bonds is 9. The lowest BCUT2D eigenvalue weighted by atomic mass is 9.85. The van der Waals surface area contributed by atoms with Crippen molar-refractivity contribution in [1.82, 2.24) is 0 Å². The Bertz CT molecular complexity index is 1280. The van der Waals surface area contributed by atoms with Crippen LogP contribution in [0, 0.1) is 6.92 Å². The smallest absolute Gasteiger partial charge is 0.142 e. The highest BCUT2D eigenvalue weighted by Crippen LogP contribution is 2.43. The molecule has 0 amide bonds. The third kappa shape index (κ3) is 6.22. The summed E-state index contributed by atoms with van der Waals surface area (Å²) in [7, 11) is 1.64. The largest absolute Gasteiger partial charge is 0.497 e. The second-order valence-corrected chi connectivity index (χ2v) is 9.33. The zero-order chi connectivity index (χ0) is 25.4. The molecule has 0 fully saturated rings. The average Bonchev–Trinajstić information content (AvgIpc) is 2.88. The first-order valence-corrected chi connectivity index (χ1v) is 12.9. The van der Waals surface area contributed by atoms with Crippen LogP contribution >= 0.6 is 27.5 Å². The fourth-order valence-electron chi connectivity index (χ4n) is 4.23. The number of methoxy groups -OCH3 is 1. The van der Waals surface area contributed by atoms with Crippen molar-refractivity contribution >= 4 is 55.5 Å². The van der Waals surface area contributed by atoms with E-state index < -0.39 is 0 Å². The third-order valence-electron chi connectivity index (χ3n) is 6.03. The Morgan fingerprint density at radius 3 is 2.26 bits per heavy atom. The van der Waals surface area contributed by atoms with Crippen LogP contribution < -0.4 is 4.74 Å². The number of allylic oxidation sites excluding steroid dienone is 4. The molecular weight excluding hydrogens is 520 g/mol. The Kier molecular flexibility index (Phi) is 9.71. The van der Waals surface area contributed by atoms with E-state index in [-0.39, 0.29) is 0 Å². The quantitative estimate of drug-likeness (QED) is 0.115. The lowest BCUT2D eigenvalue weighted by Crippen LogP contribution is -1.99. The predicted octanol–water partition coefficient (Wildman–Crippen LogP) is 9.41. The van der Waals surface area contributed by atoms with Crippen LogP contribution in [0.15, 0.2) is 78.4 Å². The van der Waals surface area contributed by atoms with Gasteiger partial charge in [0.05, 0.1) is 12.1 Å². The number of aldehydes is 1. The SMILES string of the molecule is CCC(=C(/Br)c1ccccc1C)/C(=C(\CC)c1ccc(OC)cc1Cl)c1ccc(/C=C/C=O)cc1. The lowest BCUT2D eigenvalue weighted by Gasteiger charge is -2.21. The summed E-state index contributed by atoms with van der Waals surface area (Å²) >= 11 is 10.7. The van der Waals surface area contributed by atoms with Crippen LogP contribution in [-0.4, -0.2) is 13.4 Å². The molecule has 0 atom stereocenters. The highest BCUT2D eigenvalue weighted by Gasteiger charge is 2.20. The average molecular weight is 550 g/mol. The number of carbonyl (C=O) groups excluding carboxylic acids is 1. The van der Waals surface area contributed by atoms with Crippen molar-refractivity contribution in [2.24, 2.45) is 0 Å². The monoisotopic (exact) mass is 548 g/mol. The van der Waals surface area contributed by atoms with Crippen LogP contribution in [0.4, 0.5) is 0 Å². The molecule has 180 valence electrons. The van der Waals surface area contributed by atoms with Gasteiger partial charge in [0.25, 0.3) is 0 Å². The van der Waals surface area contributed by atoms with E-state index >= 15 is 0 Å². The predicted molar refractivity (Wildman–Crippen MR) is 154 cm³/mol. The van der Waals surface area contributed by atoms with Crippen LogP contribution in [0.3, 0.4) is 0 Å². The fourth-order valence-corrected chi connectivity index (χ4v) is 5.44. The zero-order valence-corrected chi connectivity index (χ0v) is 22.9. The molecule has 0 aromatic heterocycles. The molecule has 0 spiro atoms. The Morgan fingerprint density at radius 1 is 0.971 bits per heavy atom. The minimum absolute atomic E-state index is 0.659. The first-order valence-electron chi connectivity index (χ1n) is 11.7. The van der Waals surface area contributed by atoms with Gasteiger partial charge in [-0.2, -0.15) is 0 Å². The molecule has 2 nitrogen and oxygen atoms in total. The molecule has 35 heavy (non-hydrogen) atoms. The standard InChI is InChI=1S/C31H30BrClO2/c1-5-25(28-18-17-24(35-4)20-29(28)33)30(23-15-13-22(14-16-23)11-9-19-34)26(6-2)31(32)27-12-8-7-10-21(27)3/h7-20H,5-6H2,1-4H3/b11-9+,30-25+,31-26-. The first-order chi connectivity index (χ1) is 16.9. The van der Waals surface area contributed by atoms with Crippen LogP contribution in [0.25, 0.3) is 21.7 Å².